The first kappa shape index (κ1) is 16.1. The van der Waals surface area contributed by atoms with E-state index < -0.39 is 4.92 Å². The van der Waals surface area contributed by atoms with E-state index in [4.69, 9.17) is 0 Å². The van der Waals surface area contributed by atoms with Crippen LogP contribution in [-0.4, -0.2) is 27.7 Å². The maximum atomic E-state index is 11.3. The van der Waals surface area contributed by atoms with Crippen LogP contribution in [0.4, 0.5) is 11.4 Å². The molecule has 2 aromatic rings. The highest BCUT2D eigenvalue weighted by Gasteiger charge is 2.22. The van der Waals surface area contributed by atoms with E-state index in [2.05, 4.69) is 26.2 Å². The zero-order chi connectivity index (χ0) is 16.4. The summed E-state index contributed by atoms with van der Waals surface area (Å²) in [7, 11) is 0. The lowest BCUT2D eigenvalue weighted by atomic mass is 9.87. The summed E-state index contributed by atoms with van der Waals surface area (Å²) in [5, 5.41) is 24.9. The van der Waals surface area contributed by atoms with Crippen molar-refractivity contribution in [3.63, 3.8) is 0 Å². The van der Waals surface area contributed by atoms with Gasteiger partial charge in [-0.25, -0.2) is 4.98 Å². The first-order chi connectivity index (χ1) is 11.0. The molecular weight excluding hydrogens is 362 g/mol. The van der Waals surface area contributed by atoms with Crippen molar-refractivity contribution in [2.45, 2.75) is 31.8 Å². The number of halogens is 1. The fourth-order valence-corrected chi connectivity index (χ4v) is 3.43. The van der Waals surface area contributed by atoms with Gasteiger partial charge in [0.05, 0.1) is 16.5 Å². The quantitative estimate of drug-likeness (QED) is 0.621. The summed E-state index contributed by atoms with van der Waals surface area (Å²) in [4.78, 5) is 15.1. The molecule has 1 heterocycles. The van der Waals surface area contributed by atoms with Gasteiger partial charge < -0.3 is 10.4 Å². The zero-order valence-electron chi connectivity index (χ0n) is 12.5. The van der Waals surface area contributed by atoms with E-state index in [1.165, 1.54) is 6.20 Å². The molecule has 2 N–H and O–H groups in total. The predicted molar refractivity (Wildman–Crippen MR) is 92.6 cm³/mol. The highest BCUT2D eigenvalue weighted by atomic mass is 79.9. The topological polar surface area (TPSA) is 88.3 Å². The van der Waals surface area contributed by atoms with Crippen LogP contribution in [0.5, 0.6) is 0 Å². The largest absolute Gasteiger partial charge is 0.393 e. The number of pyridine rings is 1. The molecule has 0 saturated heterocycles. The molecule has 0 amide bonds. The third-order valence-corrected chi connectivity index (χ3v) is 4.88. The molecule has 1 aromatic carbocycles. The molecule has 1 fully saturated rings. The second-order valence-corrected chi connectivity index (χ2v) is 6.91. The van der Waals surface area contributed by atoms with E-state index in [1.807, 2.05) is 18.2 Å². The van der Waals surface area contributed by atoms with Gasteiger partial charge in [-0.15, -0.1) is 0 Å². The normalized spacial score (nSPS) is 21.3. The van der Waals surface area contributed by atoms with Gasteiger partial charge in [-0.2, -0.15) is 0 Å². The third-order valence-electron chi connectivity index (χ3n) is 4.39. The van der Waals surface area contributed by atoms with Crippen molar-refractivity contribution in [2.24, 2.45) is 5.92 Å². The number of fused-ring (bicyclic) bond motifs is 1. The standard InChI is InChI=1S/C16H18BrN3O3/c17-11-3-6-14-13(7-11)16(15(9-18-14)20(22)23)19-8-10-1-4-12(21)5-2-10/h3,6-7,9-10,12,21H,1-2,4-5,8H2,(H,18,19). The minimum atomic E-state index is -0.402. The molecule has 0 atom stereocenters. The average molecular weight is 380 g/mol. The van der Waals surface area contributed by atoms with E-state index in [9.17, 15) is 15.2 Å². The van der Waals surface area contributed by atoms with Crippen LogP contribution in [0.1, 0.15) is 25.7 Å². The van der Waals surface area contributed by atoms with Gasteiger partial charge in [0.1, 0.15) is 11.9 Å². The zero-order valence-corrected chi connectivity index (χ0v) is 14.1. The highest BCUT2D eigenvalue weighted by molar-refractivity contribution is 9.10. The molecule has 7 heteroatoms. The predicted octanol–water partition coefficient (Wildman–Crippen LogP) is 3.87. The van der Waals surface area contributed by atoms with Gasteiger partial charge in [-0.1, -0.05) is 15.9 Å². The molecule has 0 bridgehead atoms. The third kappa shape index (κ3) is 3.61. The summed E-state index contributed by atoms with van der Waals surface area (Å²) < 4.78 is 0.858. The Morgan fingerprint density at radius 2 is 2.09 bits per heavy atom. The van der Waals surface area contributed by atoms with Gasteiger partial charge >= 0.3 is 5.69 Å². The number of aromatic nitrogens is 1. The Hall–Kier alpha value is -1.73. The van der Waals surface area contributed by atoms with Gasteiger partial charge in [-0.3, -0.25) is 10.1 Å². The van der Waals surface area contributed by atoms with Gasteiger partial charge in [-0.05, 0) is 49.8 Å². The van der Waals surface area contributed by atoms with Crippen molar-refractivity contribution in [1.82, 2.24) is 4.98 Å². The first-order valence-electron chi connectivity index (χ1n) is 7.69. The van der Waals surface area contributed by atoms with Gasteiger partial charge in [0.25, 0.3) is 0 Å². The van der Waals surface area contributed by atoms with Crippen LogP contribution in [0.15, 0.2) is 28.9 Å². The summed E-state index contributed by atoms with van der Waals surface area (Å²) in [5.41, 5.74) is 1.24. The number of nitro groups is 1. The SMILES string of the molecule is O=[N+]([O-])c1cnc2ccc(Br)cc2c1NCC1CCC(O)CC1. The molecule has 6 nitrogen and oxygen atoms in total. The number of rotatable bonds is 4. The number of benzene rings is 1. The van der Waals surface area contributed by atoms with Gasteiger partial charge in [0.15, 0.2) is 0 Å². The van der Waals surface area contributed by atoms with Crippen LogP contribution in [0.2, 0.25) is 0 Å². The number of hydrogen-bond acceptors (Lipinski definition) is 5. The molecule has 1 saturated carbocycles. The van der Waals surface area contributed by atoms with E-state index in [1.54, 1.807) is 0 Å². The summed E-state index contributed by atoms with van der Waals surface area (Å²) in [6.45, 7) is 0.666. The van der Waals surface area contributed by atoms with Crippen molar-refractivity contribution in [3.05, 3.63) is 39.0 Å². The Morgan fingerprint density at radius 1 is 1.35 bits per heavy atom. The second-order valence-electron chi connectivity index (χ2n) is 5.99. The van der Waals surface area contributed by atoms with Crippen molar-refractivity contribution in [3.8, 4) is 0 Å². The molecule has 23 heavy (non-hydrogen) atoms. The van der Waals surface area contributed by atoms with Crippen molar-refractivity contribution in [1.29, 1.82) is 0 Å². The maximum absolute atomic E-state index is 11.3. The molecule has 0 spiro atoms. The Kier molecular flexibility index (Phi) is 4.77. The van der Waals surface area contributed by atoms with Gasteiger partial charge in [0.2, 0.25) is 0 Å². The molecular formula is C16H18BrN3O3. The summed E-state index contributed by atoms with van der Waals surface area (Å²) in [6.07, 6.45) is 4.60. The van der Waals surface area contributed by atoms with Crippen molar-refractivity contribution < 1.29 is 10.0 Å². The molecule has 122 valence electrons. The molecule has 1 aromatic heterocycles. The monoisotopic (exact) mass is 379 g/mol. The number of aliphatic hydroxyl groups excluding tert-OH is 1. The number of anilines is 1. The number of hydrogen-bond donors (Lipinski definition) is 2. The summed E-state index contributed by atoms with van der Waals surface area (Å²) >= 11 is 3.41. The minimum Gasteiger partial charge on any atom is -0.393 e. The molecule has 0 radical (unpaired) electrons. The molecule has 0 unspecified atom stereocenters. The Labute approximate surface area is 142 Å². The maximum Gasteiger partial charge on any atom is 0.311 e. The van der Waals surface area contributed by atoms with Gasteiger partial charge in [0, 0.05) is 16.4 Å². The molecule has 1 aliphatic rings. The van der Waals surface area contributed by atoms with Crippen LogP contribution in [-0.2, 0) is 0 Å². The van der Waals surface area contributed by atoms with Crippen LogP contribution in [0, 0.1) is 16.0 Å². The Balaban J connectivity index is 1.89. The number of nitrogens with zero attached hydrogens (tertiary/aromatic N) is 2. The molecule has 0 aliphatic heterocycles. The van der Waals surface area contributed by atoms with E-state index >= 15 is 0 Å². The van der Waals surface area contributed by atoms with E-state index in [0.29, 0.717) is 18.2 Å². The fourth-order valence-electron chi connectivity index (χ4n) is 3.07. The second kappa shape index (κ2) is 6.80. The molecule has 1 aliphatic carbocycles. The Morgan fingerprint density at radius 3 is 2.78 bits per heavy atom. The molecule has 3 rings (SSSR count). The van der Waals surface area contributed by atoms with Crippen molar-refractivity contribution >= 4 is 38.2 Å². The van der Waals surface area contributed by atoms with Crippen molar-refractivity contribution in [2.75, 3.05) is 11.9 Å². The average Bonchev–Trinajstić information content (AvgIpc) is 2.53. The van der Waals surface area contributed by atoms with E-state index in [-0.39, 0.29) is 11.8 Å². The summed E-state index contributed by atoms with van der Waals surface area (Å²) in [5.74, 6) is 0.424. The lowest BCUT2D eigenvalue weighted by molar-refractivity contribution is -0.384. The van der Waals surface area contributed by atoms with Crippen LogP contribution in [0.3, 0.4) is 0 Å². The minimum absolute atomic E-state index is 0.00792. The fraction of sp³-hybridized carbons (Fsp3) is 0.438. The lowest BCUT2D eigenvalue weighted by Crippen LogP contribution is -2.23. The van der Waals surface area contributed by atoms with Crippen LogP contribution >= 0.6 is 15.9 Å². The number of nitrogens with one attached hydrogen (secondary N) is 1. The first-order valence-corrected chi connectivity index (χ1v) is 8.48. The smallest absolute Gasteiger partial charge is 0.311 e. The Bertz CT molecular complexity index is 730. The van der Waals surface area contributed by atoms with Crippen LogP contribution in [0.25, 0.3) is 10.9 Å². The highest BCUT2D eigenvalue weighted by Crippen LogP contribution is 2.34. The summed E-state index contributed by atoms with van der Waals surface area (Å²) in [6, 6.07) is 5.56. The van der Waals surface area contributed by atoms with Crippen LogP contribution < -0.4 is 5.32 Å². The number of aliphatic hydroxyl groups is 1. The lowest BCUT2D eigenvalue weighted by Gasteiger charge is -2.25. The van der Waals surface area contributed by atoms with E-state index in [0.717, 1.165) is 41.1 Å².